The number of carbonyl (C=O) groups is 2. The van der Waals surface area contributed by atoms with Gasteiger partial charge >= 0.3 is 5.97 Å². The Kier molecular flexibility index (Phi) is 3.91. The molecule has 5 heteroatoms. The Morgan fingerprint density at radius 2 is 1.94 bits per heavy atom. The monoisotopic (exact) mass is 265 g/mol. The molecule has 0 saturated heterocycles. The van der Waals surface area contributed by atoms with Crippen LogP contribution in [-0.2, 0) is 4.79 Å². The van der Waals surface area contributed by atoms with Crippen molar-refractivity contribution < 1.29 is 14.7 Å². The third kappa shape index (κ3) is 3.26. The molecule has 1 aliphatic carbocycles. The number of nitrogens with zero attached hydrogens (tertiary/aromatic N) is 1. The maximum Gasteiger partial charge on any atom is 0.335 e. The third-order valence-electron chi connectivity index (χ3n) is 2.95. The van der Waals surface area contributed by atoms with Gasteiger partial charge in [0.05, 0.1) is 11.3 Å². The molecule has 0 aliphatic heterocycles. The summed E-state index contributed by atoms with van der Waals surface area (Å²) < 4.78 is 0. The zero-order chi connectivity index (χ0) is 13.1. The fourth-order valence-electron chi connectivity index (χ4n) is 1.61. The number of hydrogen-bond donors (Lipinski definition) is 1. The lowest BCUT2D eigenvalue weighted by atomic mass is 10.2. The highest BCUT2D eigenvalue weighted by atomic mass is 32.2. The normalized spacial score (nSPS) is 14.3. The molecule has 1 fully saturated rings. The fraction of sp³-hybridized carbons (Fsp3) is 0.385. The molecule has 96 valence electrons. The summed E-state index contributed by atoms with van der Waals surface area (Å²) in [5.74, 6) is -0.403. The summed E-state index contributed by atoms with van der Waals surface area (Å²) in [6, 6.07) is 7.02. The first-order valence-electron chi connectivity index (χ1n) is 5.80. The van der Waals surface area contributed by atoms with Gasteiger partial charge in [0.1, 0.15) is 0 Å². The van der Waals surface area contributed by atoms with Crippen LogP contribution >= 0.6 is 11.8 Å². The Hall–Kier alpha value is -1.49. The highest BCUT2D eigenvalue weighted by Crippen LogP contribution is 2.27. The van der Waals surface area contributed by atoms with Gasteiger partial charge in [-0.2, -0.15) is 0 Å². The molecule has 0 unspecified atom stereocenters. The van der Waals surface area contributed by atoms with Crippen molar-refractivity contribution in [3.63, 3.8) is 0 Å². The van der Waals surface area contributed by atoms with Crippen LogP contribution in [0, 0.1) is 0 Å². The van der Waals surface area contributed by atoms with Crippen molar-refractivity contribution in [3.05, 3.63) is 29.8 Å². The van der Waals surface area contributed by atoms with Crippen LogP contribution in [0.2, 0.25) is 0 Å². The molecular weight excluding hydrogens is 250 g/mol. The molecule has 18 heavy (non-hydrogen) atoms. The Balaban J connectivity index is 1.85. The number of hydrogen-bond acceptors (Lipinski definition) is 3. The van der Waals surface area contributed by atoms with Crippen LogP contribution in [0.5, 0.6) is 0 Å². The first kappa shape index (κ1) is 13.0. The highest BCUT2D eigenvalue weighted by molar-refractivity contribution is 8.00. The van der Waals surface area contributed by atoms with Crippen molar-refractivity contribution in [3.8, 4) is 0 Å². The lowest BCUT2D eigenvalue weighted by molar-refractivity contribution is -0.127. The molecule has 2 rings (SSSR count). The van der Waals surface area contributed by atoms with Crippen LogP contribution in [0.3, 0.4) is 0 Å². The van der Waals surface area contributed by atoms with E-state index in [4.69, 9.17) is 5.11 Å². The van der Waals surface area contributed by atoms with Gasteiger partial charge in [-0.3, -0.25) is 4.79 Å². The second-order valence-corrected chi connectivity index (χ2v) is 5.40. The van der Waals surface area contributed by atoms with E-state index in [1.807, 2.05) is 7.05 Å². The van der Waals surface area contributed by atoms with E-state index in [9.17, 15) is 9.59 Å². The number of aromatic carboxylic acids is 1. The quantitative estimate of drug-likeness (QED) is 0.828. The summed E-state index contributed by atoms with van der Waals surface area (Å²) >= 11 is 1.44. The minimum Gasteiger partial charge on any atom is -0.478 e. The lowest BCUT2D eigenvalue weighted by Crippen LogP contribution is -2.30. The predicted molar refractivity (Wildman–Crippen MR) is 69.9 cm³/mol. The van der Waals surface area contributed by atoms with Crippen molar-refractivity contribution in [2.75, 3.05) is 12.8 Å². The van der Waals surface area contributed by atoms with Crippen molar-refractivity contribution in [1.29, 1.82) is 0 Å². The maximum absolute atomic E-state index is 11.8. The number of thioether (sulfide) groups is 1. The van der Waals surface area contributed by atoms with Crippen LogP contribution < -0.4 is 0 Å². The first-order valence-corrected chi connectivity index (χ1v) is 6.78. The standard InChI is InChI=1S/C13H15NO3S/c1-14(10-4-5-10)12(15)8-18-11-6-2-9(3-7-11)13(16)17/h2-3,6-7,10H,4-5,8H2,1H3,(H,16,17). The van der Waals surface area contributed by atoms with E-state index in [1.54, 1.807) is 29.2 Å². The van der Waals surface area contributed by atoms with E-state index < -0.39 is 5.97 Å². The van der Waals surface area contributed by atoms with Crippen molar-refractivity contribution in [2.24, 2.45) is 0 Å². The molecular formula is C13H15NO3S. The van der Waals surface area contributed by atoms with E-state index in [0.29, 0.717) is 11.8 Å². The largest absolute Gasteiger partial charge is 0.478 e. The van der Waals surface area contributed by atoms with Crippen LogP contribution in [0.4, 0.5) is 0 Å². The molecule has 1 saturated carbocycles. The number of carboxylic acids is 1. The number of rotatable bonds is 5. The zero-order valence-corrected chi connectivity index (χ0v) is 10.9. The molecule has 1 aliphatic rings. The third-order valence-corrected chi connectivity index (χ3v) is 3.95. The van der Waals surface area contributed by atoms with Gasteiger partial charge in [0, 0.05) is 18.0 Å². The molecule has 1 aromatic rings. The molecule has 0 heterocycles. The van der Waals surface area contributed by atoms with Crippen molar-refractivity contribution in [2.45, 2.75) is 23.8 Å². The summed E-state index contributed by atoms with van der Waals surface area (Å²) in [6.07, 6.45) is 2.22. The molecule has 0 radical (unpaired) electrons. The van der Waals surface area contributed by atoms with Gasteiger partial charge in [0.25, 0.3) is 0 Å². The van der Waals surface area contributed by atoms with Gasteiger partial charge in [-0.25, -0.2) is 4.79 Å². The van der Waals surface area contributed by atoms with E-state index in [-0.39, 0.29) is 11.5 Å². The predicted octanol–water partition coefficient (Wildman–Crippen LogP) is 2.10. The van der Waals surface area contributed by atoms with Crippen LogP contribution in [0.15, 0.2) is 29.2 Å². The number of amides is 1. The summed E-state index contributed by atoms with van der Waals surface area (Å²) in [5, 5.41) is 8.77. The topological polar surface area (TPSA) is 57.6 Å². The SMILES string of the molecule is CN(C(=O)CSc1ccc(C(=O)O)cc1)C1CC1. The molecule has 1 amide bonds. The highest BCUT2D eigenvalue weighted by Gasteiger charge is 2.29. The molecule has 0 atom stereocenters. The lowest BCUT2D eigenvalue weighted by Gasteiger charge is -2.15. The summed E-state index contributed by atoms with van der Waals surface area (Å²) in [4.78, 5) is 25.2. The first-order chi connectivity index (χ1) is 8.58. The zero-order valence-electron chi connectivity index (χ0n) is 10.1. The van der Waals surface area contributed by atoms with Crippen LogP contribution in [0.1, 0.15) is 23.2 Å². The molecule has 0 spiro atoms. The Morgan fingerprint density at radius 3 is 2.44 bits per heavy atom. The molecule has 1 N–H and O–H groups in total. The van der Waals surface area contributed by atoms with E-state index >= 15 is 0 Å². The maximum atomic E-state index is 11.8. The molecule has 0 aromatic heterocycles. The summed E-state index contributed by atoms with van der Waals surface area (Å²) in [6.45, 7) is 0. The second kappa shape index (κ2) is 5.44. The summed E-state index contributed by atoms with van der Waals surface area (Å²) in [7, 11) is 1.84. The van der Waals surface area contributed by atoms with Gasteiger partial charge in [-0.15, -0.1) is 11.8 Å². The second-order valence-electron chi connectivity index (χ2n) is 4.35. The number of carbonyl (C=O) groups excluding carboxylic acids is 1. The molecule has 1 aromatic carbocycles. The fourth-order valence-corrected chi connectivity index (χ4v) is 2.43. The van der Waals surface area contributed by atoms with Crippen LogP contribution in [0.25, 0.3) is 0 Å². The van der Waals surface area contributed by atoms with E-state index in [2.05, 4.69) is 0 Å². The van der Waals surface area contributed by atoms with Gasteiger partial charge in [-0.1, -0.05) is 0 Å². The Bertz CT molecular complexity index is 454. The minimum atomic E-state index is -0.934. The summed E-state index contributed by atoms with van der Waals surface area (Å²) in [5.41, 5.74) is 0.265. The van der Waals surface area contributed by atoms with Gasteiger partial charge in [0.15, 0.2) is 0 Å². The van der Waals surface area contributed by atoms with Crippen molar-refractivity contribution in [1.82, 2.24) is 4.90 Å². The average Bonchev–Trinajstić information content (AvgIpc) is 3.19. The number of benzene rings is 1. The minimum absolute atomic E-state index is 0.129. The number of carboxylic acid groups (broad SMARTS) is 1. The van der Waals surface area contributed by atoms with Gasteiger partial charge in [0.2, 0.25) is 5.91 Å². The van der Waals surface area contributed by atoms with Gasteiger partial charge < -0.3 is 10.0 Å². The Labute approximate surface area is 110 Å². The Morgan fingerprint density at radius 1 is 1.33 bits per heavy atom. The smallest absolute Gasteiger partial charge is 0.335 e. The van der Waals surface area contributed by atoms with E-state index in [0.717, 1.165) is 17.7 Å². The van der Waals surface area contributed by atoms with E-state index in [1.165, 1.54) is 11.8 Å². The van der Waals surface area contributed by atoms with Crippen molar-refractivity contribution >= 4 is 23.6 Å². The molecule has 0 bridgehead atoms. The van der Waals surface area contributed by atoms with Gasteiger partial charge in [-0.05, 0) is 37.1 Å². The molecule has 4 nitrogen and oxygen atoms in total. The van der Waals surface area contributed by atoms with Crippen LogP contribution in [-0.4, -0.2) is 40.7 Å². The average molecular weight is 265 g/mol.